The summed E-state index contributed by atoms with van der Waals surface area (Å²) in [6, 6.07) is 3.57. The molecule has 2 aliphatic rings. The van der Waals surface area contributed by atoms with Crippen molar-refractivity contribution in [1.29, 1.82) is 5.41 Å². The van der Waals surface area contributed by atoms with Gasteiger partial charge >= 0.3 is 0 Å². The first kappa shape index (κ1) is 21.4. The van der Waals surface area contributed by atoms with E-state index in [4.69, 9.17) is 20.6 Å². The zero-order valence-electron chi connectivity index (χ0n) is 18.3. The maximum absolute atomic E-state index is 13.1. The molecular formula is C23H31N5O3. The largest absolute Gasteiger partial charge is 0.474 e. The maximum Gasteiger partial charge on any atom is 0.270 e. The summed E-state index contributed by atoms with van der Waals surface area (Å²) >= 11 is 0. The Morgan fingerprint density at radius 3 is 2.68 bits per heavy atom. The molecule has 0 aliphatic carbocycles. The lowest BCUT2D eigenvalue weighted by Gasteiger charge is -2.24. The van der Waals surface area contributed by atoms with Gasteiger partial charge in [-0.05, 0) is 38.8 Å². The Morgan fingerprint density at radius 2 is 2.00 bits per heavy atom. The summed E-state index contributed by atoms with van der Waals surface area (Å²) < 4.78 is 13.5. The fraction of sp³-hybridized carbons (Fsp3) is 0.522. The van der Waals surface area contributed by atoms with Gasteiger partial charge in [-0.3, -0.25) is 10.2 Å². The van der Waals surface area contributed by atoms with Gasteiger partial charge in [0.1, 0.15) is 11.8 Å². The number of hydrogen-bond acceptors (Lipinski definition) is 6. The van der Waals surface area contributed by atoms with Gasteiger partial charge in [-0.15, -0.1) is 0 Å². The number of nitrogens with two attached hydrogens (primary N) is 1. The number of ether oxygens (including phenoxy) is 2. The van der Waals surface area contributed by atoms with Gasteiger partial charge in [0.05, 0.1) is 24.5 Å². The molecule has 1 amide bonds. The second-order valence-corrected chi connectivity index (χ2v) is 8.50. The lowest BCUT2D eigenvalue weighted by atomic mass is 10.0. The summed E-state index contributed by atoms with van der Waals surface area (Å²) in [7, 11) is 0. The summed E-state index contributed by atoms with van der Waals surface area (Å²) in [4.78, 5) is 19.4. The molecule has 2 aromatic rings. The van der Waals surface area contributed by atoms with Gasteiger partial charge in [0.25, 0.3) is 5.91 Å². The number of aromatic nitrogens is 2. The molecule has 4 heterocycles. The van der Waals surface area contributed by atoms with Gasteiger partial charge in [-0.2, -0.15) is 0 Å². The Hall–Kier alpha value is -2.87. The minimum absolute atomic E-state index is 0.0119. The van der Waals surface area contributed by atoms with E-state index in [-0.39, 0.29) is 23.8 Å². The second kappa shape index (κ2) is 9.09. The topological polar surface area (TPSA) is 106 Å². The van der Waals surface area contributed by atoms with E-state index in [2.05, 4.69) is 4.98 Å². The van der Waals surface area contributed by atoms with Crippen LogP contribution in [0.15, 0.2) is 24.5 Å². The van der Waals surface area contributed by atoms with Crippen molar-refractivity contribution in [3.63, 3.8) is 0 Å². The minimum atomic E-state index is -0.0119. The fourth-order valence-electron chi connectivity index (χ4n) is 4.19. The Bertz CT molecular complexity index is 956. The molecule has 8 heteroatoms. The van der Waals surface area contributed by atoms with Crippen molar-refractivity contribution < 1.29 is 14.3 Å². The summed E-state index contributed by atoms with van der Waals surface area (Å²) in [6.45, 7) is 6.94. The van der Waals surface area contributed by atoms with E-state index in [9.17, 15) is 4.79 Å². The third-order valence-corrected chi connectivity index (χ3v) is 5.95. The molecule has 4 rings (SSSR count). The number of pyridine rings is 1. The van der Waals surface area contributed by atoms with Crippen LogP contribution in [-0.2, 0) is 4.74 Å². The van der Waals surface area contributed by atoms with E-state index in [0.29, 0.717) is 41.6 Å². The normalized spacial score (nSPS) is 17.3. The average Bonchev–Trinajstić information content (AvgIpc) is 3.44. The second-order valence-electron chi connectivity index (χ2n) is 8.50. The monoisotopic (exact) mass is 425 g/mol. The summed E-state index contributed by atoms with van der Waals surface area (Å²) in [5.74, 6) is 0.379. The number of carbonyl (C=O) groups excluding carboxylic acids is 1. The van der Waals surface area contributed by atoms with Crippen LogP contribution in [0.5, 0.6) is 5.88 Å². The molecule has 0 spiro atoms. The number of hydrogen-bond donors (Lipinski definition) is 2. The first-order valence-corrected chi connectivity index (χ1v) is 11.0. The van der Waals surface area contributed by atoms with Gasteiger partial charge in [0.2, 0.25) is 5.88 Å². The number of carbonyl (C=O) groups is 1. The Balaban J connectivity index is 1.66. The highest BCUT2D eigenvalue weighted by atomic mass is 16.5. The minimum Gasteiger partial charge on any atom is -0.474 e. The predicted octanol–water partition coefficient (Wildman–Crippen LogP) is 3.26. The molecule has 0 atom stereocenters. The van der Waals surface area contributed by atoms with Gasteiger partial charge in [0.15, 0.2) is 0 Å². The van der Waals surface area contributed by atoms with Crippen molar-refractivity contribution in [1.82, 2.24) is 14.5 Å². The van der Waals surface area contributed by atoms with Crippen molar-refractivity contribution in [2.75, 3.05) is 32.0 Å². The number of rotatable bonds is 6. The molecule has 0 aromatic carbocycles. The summed E-state index contributed by atoms with van der Waals surface area (Å²) in [5.41, 5.74) is 8.61. The Kier molecular flexibility index (Phi) is 6.27. The molecule has 2 aliphatic heterocycles. The van der Waals surface area contributed by atoms with E-state index >= 15 is 0 Å². The van der Waals surface area contributed by atoms with Crippen LogP contribution in [0.1, 0.15) is 67.2 Å². The van der Waals surface area contributed by atoms with Crippen molar-refractivity contribution in [3.05, 3.63) is 41.3 Å². The zero-order chi connectivity index (χ0) is 22.0. The number of anilines is 1. The lowest BCUT2D eigenvalue weighted by Crippen LogP contribution is -2.29. The molecule has 166 valence electrons. The van der Waals surface area contributed by atoms with E-state index in [1.165, 1.54) is 0 Å². The first-order valence-electron chi connectivity index (χ1n) is 11.0. The van der Waals surface area contributed by atoms with Crippen LogP contribution in [0.25, 0.3) is 0 Å². The molecule has 2 fully saturated rings. The summed E-state index contributed by atoms with van der Waals surface area (Å²) in [5, 5.41) is 8.91. The Morgan fingerprint density at radius 1 is 1.29 bits per heavy atom. The third kappa shape index (κ3) is 4.44. The van der Waals surface area contributed by atoms with Gasteiger partial charge < -0.3 is 24.7 Å². The van der Waals surface area contributed by atoms with Crippen molar-refractivity contribution in [2.24, 2.45) is 0 Å². The van der Waals surface area contributed by atoms with Crippen LogP contribution in [0.4, 0.5) is 5.69 Å². The standard InChI is InChI=1S/C23H31N5O3/c1-15(2)28-14-16(13-19(28)23(29)27-9-3-4-10-27)21(25)20-18(24)5-8-26-22(20)31-17-6-11-30-12-7-17/h5,8,13-15,17,25H,3-4,6-7,9-12H2,1-2H3,(H2,24,26). The molecule has 2 saturated heterocycles. The van der Waals surface area contributed by atoms with Gasteiger partial charge in [-0.1, -0.05) is 0 Å². The van der Waals surface area contributed by atoms with Crippen LogP contribution in [-0.4, -0.2) is 58.5 Å². The quantitative estimate of drug-likeness (QED) is 0.691. The van der Waals surface area contributed by atoms with Crippen LogP contribution in [0.2, 0.25) is 0 Å². The van der Waals surface area contributed by atoms with Crippen LogP contribution < -0.4 is 10.5 Å². The molecule has 8 nitrogen and oxygen atoms in total. The van der Waals surface area contributed by atoms with Crippen LogP contribution >= 0.6 is 0 Å². The number of likely N-dealkylation sites (tertiary alicyclic amines) is 1. The Labute approximate surface area is 182 Å². The van der Waals surface area contributed by atoms with Crippen molar-refractivity contribution in [3.8, 4) is 5.88 Å². The molecule has 0 unspecified atom stereocenters. The van der Waals surface area contributed by atoms with E-state index < -0.39 is 0 Å². The SMILES string of the molecule is CC(C)n1cc(C(=N)c2c(N)ccnc2OC2CCOCC2)cc1C(=O)N1CCCC1. The van der Waals surface area contributed by atoms with E-state index in [0.717, 1.165) is 38.8 Å². The van der Waals surface area contributed by atoms with Crippen LogP contribution in [0, 0.1) is 5.41 Å². The van der Waals surface area contributed by atoms with Crippen molar-refractivity contribution in [2.45, 2.75) is 51.7 Å². The lowest BCUT2D eigenvalue weighted by molar-refractivity contribution is 0.0237. The van der Waals surface area contributed by atoms with Gasteiger partial charge in [-0.25, -0.2) is 4.98 Å². The number of nitrogens with zero attached hydrogens (tertiary/aromatic N) is 3. The molecule has 31 heavy (non-hydrogen) atoms. The highest BCUT2D eigenvalue weighted by molar-refractivity contribution is 6.16. The molecule has 3 N–H and O–H groups in total. The average molecular weight is 426 g/mol. The maximum atomic E-state index is 13.1. The highest BCUT2D eigenvalue weighted by Crippen LogP contribution is 2.29. The number of nitrogen functional groups attached to an aromatic ring is 1. The molecular weight excluding hydrogens is 394 g/mol. The summed E-state index contributed by atoms with van der Waals surface area (Å²) in [6.07, 6.45) is 7.08. The molecule has 0 radical (unpaired) electrons. The molecule has 0 saturated carbocycles. The highest BCUT2D eigenvalue weighted by Gasteiger charge is 2.27. The number of amides is 1. The molecule has 2 aromatic heterocycles. The first-order chi connectivity index (χ1) is 15.0. The van der Waals surface area contributed by atoms with Crippen LogP contribution in [0.3, 0.4) is 0 Å². The third-order valence-electron chi connectivity index (χ3n) is 5.95. The smallest absolute Gasteiger partial charge is 0.270 e. The number of nitrogens with one attached hydrogen (secondary N) is 1. The fourth-order valence-corrected chi connectivity index (χ4v) is 4.19. The van der Waals surface area contributed by atoms with Crippen molar-refractivity contribution >= 4 is 17.3 Å². The predicted molar refractivity (Wildman–Crippen MR) is 119 cm³/mol. The van der Waals surface area contributed by atoms with E-state index in [1.807, 2.05) is 29.5 Å². The zero-order valence-corrected chi connectivity index (χ0v) is 18.3. The van der Waals surface area contributed by atoms with E-state index in [1.54, 1.807) is 18.3 Å². The van der Waals surface area contributed by atoms with Gasteiger partial charge in [0, 0.05) is 55.6 Å². The molecule has 0 bridgehead atoms.